The maximum atomic E-state index is 13.1. The van der Waals surface area contributed by atoms with Crippen molar-refractivity contribution in [2.24, 2.45) is 10.9 Å². The molecule has 0 N–H and O–H groups in total. The van der Waals surface area contributed by atoms with Gasteiger partial charge in [0.1, 0.15) is 0 Å². The van der Waals surface area contributed by atoms with Gasteiger partial charge in [0.2, 0.25) is 0 Å². The zero-order valence-electron chi connectivity index (χ0n) is 13.6. The first-order chi connectivity index (χ1) is 12.4. The molecule has 1 aliphatic rings. The molecular formula is C19H16Cl2F3NS. The Morgan fingerprint density at radius 1 is 1.12 bits per heavy atom. The molecule has 0 radical (unpaired) electrons. The van der Waals surface area contributed by atoms with Crippen molar-refractivity contribution in [3.8, 4) is 0 Å². The van der Waals surface area contributed by atoms with Crippen LogP contribution in [-0.4, -0.2) is 17.3 Å². The number of nitrogens with zero attached hydrogens (tertiary/aromatic N) is 1. The molecule has 0 spiro atoms. The van der Waals surface area contributed by atoms with Gasteiger partial charge in [-0.1, -0.05) is 41.9 Å². The predicted octanol–water partition coefficient (Wildman–Crippen LogP) is 7.16. The van der Waals surface area contributed by atoms with E-state index in [2.05, 4.69) is 4.99 Å². The summed E-state index contributed by atoms with van der Waals surface area (Å²) in [6.07, 6.45) is -3.73. The van der Waals surface area contributed by atoms with E-state index < -0.39 is 11.7 Å². The summed E-state index contributed by atoms with van der Waals surface area (Å²) < 4.78 is 39.2. The van der Waals surface area contributed by atoms with Gasteiger partial charge in [-0.3, -0.25) is 4.99 Å². The number of hydrogen-bond acceptors (Lipinski definition) is 2. The molecule has 2 atom stereocenters. The molecule has 3 rings (SSSR count). The molecule has 0 amide bonds. The molecule has 1 fully saturated rings. The van der Waals surface area contributed by atoms with E-state index in [0.29, 0.717) is 28.6 Å². The van der Waals surface area contributed by atoms with Gasteiger partial charge in [0.15, 0.2) is 0 Å². The fraction of sp³-hybridized carbons (Fsp3) is 0.316. The van der Waals surface area contributed by atoms with Gasteiger partial charge >= 0.3 is 6.18 Å². The number of halogens is 5. The zero-order chi connectivity index (χ0) is 18.7. The van der Waals surface area contributed by atoms with Gasteiger partial charge < -0.3 is 0 Å². The summed E-state index contributed by atoms with van der Waals surface area (Å²) in [7, 11) is 0. The monoisotopic (exact) mass is 417 g/mol. The van der Waals surface area contributed by atoms with Crippen molar-refractivity contribution in [3.63, 3.8) is 0 Å². The van der Waals surface area contributed by atoms with Crippen LogP contribution in [0.5, 0.6) is 0 Å². The first-order valence-corrected chi connectivity index (χ1v) is 10.0. The third kappa shape index (κ3) is 4.56. The van der Waals surface area contributed by atoms with E-state index in [0.717, 1.165) is 17.5 Å². The van der Waals surface area contributed by atoms with Crippen LogP contribution in [0, 0.1) is 5.92 Å². The summed E-state index contributed by atoms with van der Waals surface area (Å²) in [4.78, 5) is 4.69. The number of benzene rings is 2. The highest BCUT2D eigenvalue weighted by Crippen LogP contribution is 2.42. The second kappa shape index (κ2) is 8.24. The third-order valence-electron chi connectivity index (χ3n) is 4.15. The van der Waals surface area contributed by atoms with Gasteiger partial charge in [0.05, 0.1) is 21.5 Å². The molecule has 1 heterocycles. The molecule has 1 nitrogen and oxygen atoms in total. The molecule has 2 aromatic rings. The van der Waals surface area contributed by atoms with E-state index in [1.165, 1.54) is 12.1 Å². The molecule has 0 aliphatic carbocycles. The summed E-state index contributed by atoms with van der Waals surface area (Å²) in [6.45, 7) is 0. The van der Waals surface area contributed by atoms with Crippen LogP contribution >= 0.6 is 35.0 Å². The molecule has 1 saturated heterocycles. The Balaban J connectivity index is 2.00. The molecule has 26 heavy (non-hydrogen) atoms. The lowest BCUT2D eigenvalue weighted by Crippen LogP contribution is -2.24. The SMILES string of the molecule is FC(F)(F)c1cccc(C2SCC(CCl)CC2=Nc2ccccc2Cl)c1. The second-order valence-corrected chi connectivity index (χ2v) is 7.97. The topological polar surface area (TPSA) is 12.4 Å². The van der Waals surface area contributed by atoms with Crippen LogP contribution in [0.2, 0.25) is 5.02 Å². The molecule has 138 valence electrons. The Morgan fingerprint density at radius 3 is 2.58 bits per heavy atom. The van der Waals surface area contributed by atoms with Crippen molar-refractivity contribution in [2.45, 2.75) is 17.8 Å². The maximum Gasteiger partial charge on any atom is 0.416 e. The van der Waals surface area contributed by atoms with E-state index in [1.807, 2.05) is 12.1 Å². The summed E-state index contributed by atoms with van der Waals surface area (Å²) in [5.74, 6) is 1.51. The van der Waals surface area contributed by atoms with E-state index in [-0.39, 0.29) is 11.2 Å². The Hall–Kier alpha value is -1.17. The van der Waals surface area contributed by atoms with Crippen LogP contribution in [0.1, 0.15) is 22.8 Å². The van der Waals surface area contributed by atoms with Gasteiger partial charge in [-0.25, -0.2) is 0 Å². The van der Waals surface area contributed by atoms with Crippen molar-refractivity contribution >= 4 is 46.4 Å². The zero-order valence-corrected chi connectivity index (χ0v) is 16.0. The van der Waals surface area contributed by atoms with Crippen LogP contribution in [0.25, 0.3) is 0 Å². The van der Waals surface area contributed by atoms with Crippen LogP contribution < -0.4 is 0 Å². The van der Waals surface area contributed by atoms with Gasteiger partial charge in [0, 0.05) is 11.6 Å². The lowest BCUT2D eigenvalue weighted by molar-refractivity contribution is -0.137. The second-order valence-electron chi connectivity index (χ2n) is 6.12. The Kier molecular flexibility index (Phi) is 6.21. The molecule has 1 aliphatic heterocycles. The van der Waals surface area contributed by atoms with Crippen molar-refractivity contribution in [3.05, 3.63) is 64.7 Å². The highest BCUT2D eigenvalue weighted by atomic mass is 35.5. The predicted molar refractivity (Wildman–Crippen MR) is 104 cm³/mol. The minimum atomic E-state index is -4.37. The van der Waals surface area contributed by atoms with Gasteiger partial charge in [-0.2, -0.15) is 13.2 Å². The van der Waals surface area contributed by atoms with E-state index in [1.54, 1.807) is 30.0 Å². The molecule has 7 heteroatoms. The lowest BCUT2D eigenvalue weighted by Gasteiger charge is -2.29. The van der Waals surface area contributed by atoms with Crippen LogP contribution in [0.3, 0.4) is 0 Å². The van der Waals surface area contributed by atoms with Crippen molar-refractivity contribution in [1.29, 1.82) is 0 Å². The van der Waals surface area contributed by atoms with E-state index in [4.69, 9.17) is 23.2 Å². The first kappa shape index (κ1) is 19.6. The Morgan fingerprint density at radius 2 is 1.88 bits per heavy atom. The van der Waals surface area contributed by atoms with Gasteiger partial charge in [0.25, 0.3) is 0 Å². The Labute approximate surface area is 164 Å². The number of rotatable bonds is 3. The summed E-state index contributed by atoms with van der Waals surface area (Å²) in [6, 6.07) is 12.6. The van der Waals surface area contributed by atoms with Crippen LogP contribution in [-0.2, 0) is 6.18 Å². The van der Waals surface area contributed by atoms with E-state index >= 15 is 0 Å². The molecule has 0 aromatic heterocycles. The molecule has 2 aromatic carbocycles. The summed E-state index contributed by atoms with van der Waals surface area (Å²) >= 11 is 13.8. The van der Waals surface area contributed by atoms with Gasteiger partial charge in [-0.15, -0.1) is 23.4 Å². The summed E-state index contributed by atoms with van der Waals surface area (Å²) in [5.41, 5.74) is 1.38. The molecule has 0 saturated carbocycles. The fourth-order valence-corrected chi connectivity index (χ4v) is 4.76. The Bertz CT molecular complexity index is 807. The molecule has 0 bridgehead atoms. The molecular weight excluding hydrogens is 402 g/mol. The standard InChI is InChI=1S/C19H16Cl2F3NS/c20-10-12-8-17(25-16-7-2-1-6-15(16)21)18(26-11-12)13-4-3-5-14(9-13)19(22,23)24/h1-7,9,12,18H,8,10-11H2. The maximum absolute atomic E-state index is 13.1. The minimum absolute atomic E-state index is 0.241. The van der Waals surface area contributed by atoms with Gasteiger partial charge in [-0.05, 0) is 41.9 Å². The van der Waals surface area contributed by atoms with Crippen LogP contribution in [0.15, 0.2) is 53.5 Å². The molecule has 2 unspecified atom stereocenters. The van der Waals surface area contributed by atoms with Crippen molar-refractivity contribution < 1.29 is 13.2 Å². The average molecular weight is 418 g/mol. The number of hydrogen-bond donors (Lipinski definition) is 0. The first-order valence-electron chi connectivity index (χ1n) is 8.05. The van der Waals surface area contributed by atoms with E-state index in [9.17, 15) is 13.2 Å². The number of para-hydroxylation sites is 1. The number of aliphatic imine (C=N–C) groups is 1. The summed E-state index contributed by atoms with van der Waals surface area (Å²) in [5, 5.41) is 0.272. The minimum Gasteiger partial charge on any atom is -0.255 e. The van der Waals surface area contributed by atoms with Crippen molar-refractivity contribution in [2.75, 3.05) is 11.6 Å². The van der Waals surface area contributed by atoms with Crippen LogP contribution in [0.4, 0.5) is 18.9 Å². The highest BCUT2D eigenvalue weighted by Gasteiger charge is 2.33. The average Bonchev–Trinajstić information content (AvgIpc) is 2.63. The number of alkyl halides is 4. The smallest absolute Gasteiger partial charge is 0.255 e. The largest absolute Gasteiger partial charge is 0.416 e. The quantitative estimate of drug-likeness (QED) is 0.482. The number of thioether (sulfide) groups is 1. The lowest BCUT2D eigenvalue weighted by atomic mass is 9.97. The fourth-order valence-electron chi connectivity index (χ4n) is 2.86. The third-order valence-corrected chi connectivity index (χ3v) is 6.45. The van der Waals surface area contributed by atoms with Crippen molar-refractivity contribution in [1.82, 2.24) is 0 Å². The highest BCUT2D eigenvalue weighted by molar-refractivity contribution is 8.00. The normalized spacial score (nSPS) is 22.6.